The van der Waals surface area contributed by atoms with E-state index in [1.807, 2.05) is 30.9 Å². The number of aryl methyl sites for hydroxylation is 2. The maximum Gasteiger partial charge on any atom is 0.236 e. The molecule has 5 nitrogen and oxygen atoms in total. The second kappa shape index (κ2) is 8.80. The van der Waals surface area contributed by atoms with Gasteiger partial charge in [0.25, 0.3) is 0 Å². The highest BCUT2D eigenvalue weighted by molar-refractivity contribution is 6.32. The van der Waals surface area contributed by atoms with Crippen molar-refractivity contribution in [3.8, 4) is 5.75 Å². The van der Waals surface area contributed by atoms with E-state index in [-0.39, 0.29) is 12.5 Å². The van der Waals surface area contributed by atoms with Gasteiger partial charge in [-0.1, -0.05) is 11.6 Å². The Labute approximate surface area is 167 Å². The number of hydrogen-bond acceptors (Lipinski definition) is 4. The Balaban J connectivity index is 1.53. The summed E-state index contributed by atoms with van der Waals surface area (Å²) in [5.41, 5.74) is 1.04. The first-order valence-corrected chi connectivity index (χ1v) is 10.4. The molecule has 2 fully saturated rings. The zero-order valence-corrected chi connectivity index (χ0v) is 17.2. The summed E-state index contributed by atoms with van der Waals surface area (Å²) < 4.78 is 5.90. The molecular formula is C21H31ClN2O3. The SMILES string of the molecule is Cc1cc(OCC2(O)CCCN(C(=O)CN3CCCC3)CC2)cc(C)c1Cl. The molecule has 1 N–H and O–H groups in total. The molecule has 0 radical (unpaired) electrons. The van der Waals surface area contributed by atoms with Crippen molar-refractivity contribution >= 4 is 17.5 Å². The normalized spacial score (nSPS) is 24.1. The Morgan fingerprint density at radius 1 is 1.11 bits per heavy atom. The van der Waals surface area contributed by atoms with Gasteiger partial charge in [-0.3, -0.25) is 9.69 Å². The van der Waals surface area contributed by atoms with Crippen molar-refractivity contribution in [2.75, 3.05) is 39.3 Å². The predicted molar refractivity (Wildman–Crippen MR) is 107 cm³/mol. The number of amides is 1. The molecule has 0 spiro atoms. The minimum Gasteiger partial charge on any atom is -0.491 e. The van der Waals surface area contributed by atoms with E-state index < -0.39 is 5.60 Å². The molecule has 0 aliphatic carbocycles. The van der Waals surface area contributed by atoms with E-state index in [0.29, 0.717) is 32.5 Å². The zero-order chi connectivity index (χ0) is 19.4. The molecule has 1 aromatic rings. The standard InChI is InChI=1S/C21H31ClN2O3/c1-16-12-18(13-17(2)20(16)22)27-15-21(26)6-5-10-24(11-7-21)19(25)14-23-8-3-4-9-23/h12-13,26H,3-11,14-15H2,1-2H3. The number of nitrogens with zero attached hydrogens (tertiary/aromatic N) is 2. The molecular weight excluding hydrogens is 364 g/mol. The number of carbonyl (C=O) groups excluding carboxylic acids is 1. The highest BCUT2D eigenvalue weighted by Crippen LogP contribution is 2.28. The number of carbonyl (C=O) groups is 1. The van der Waals surface area contributed by atoms with Crippen molar-refractivity contribution < 1.29 is 14.6 Å². The molecule has 0 saturated carbocycles. The van der Waals surface area contributed by atoms with Gasteiger partial charge in [0.1, 0.15) is 18.0 Å². The third-order valence-corrected chi connectivity index (χ3v) is 6.34. The summed E-state index contributed by atoms with van der Waals surface area (Å²) >= 11 is 6.21. The largest absolute Gasteiger partial charge is 0.491 e. The molecule has 3 rings (SSSR count). The highest BCUT2D eigenvalue weighted by Gasteiger charge is 2.33. The van der Waals surface area contributed by atoms with Gasteiger partial charge in [0, 0.05) is 18.1 Å². The number of likely N-dealkylation sites (tertiary alicyclic amines) is 2. The fraction of sp³-hybridized carbons (Fsp3) is 0.667. The number of rotatable bonds is 5. The van der Waals surface area contributed by atoms with Crippen molar-refractivity contribution in [1.29, 1.82) is 0 Å². The fourth-order valence-electron chi connectivity index (χ4n) is 4.01. The molecule has 1 aromatic carbocycles. The van der Waals surface area contributed by atoms with E-state index in [9.17, 15) is 9.90 Å². The summed E-state index contributed by atoms with van der Waals surface area (Å²) in [5, 5.41) is 11.7. The number of halogens is 1. The maximum atomic E-state index is 12.6. The van der Waals surface area contributed by atoms with Crippen LogP contribution in [0.2, 0.25) is 5.02 Å². The summed E-state index contributed by atoms with van der Waals surface area (Å²) in [6.07, 6.45) is 4.36. The number of benzene rings is 1. The monoisotopic (exact) mass is 394 g/mol. The van der Waals surface area contributed by atoms with Crippen LogP contribution in [0.25, 0.3) is 0 Å². The van der Waals surface area contributed by atoms with Crippen LogP contribution in [0.1, 0.15) is 43.2 Å². The van der Waals surface area contributed by atoms with Crippen LogP contribution >= 0.6 is 11.6 Å². The number of aliphatic hydroxyl groups is 1. The first kappa shape index (κ1) is 20.4. The number of hydrogen-bond donors (Lipinski definition) is 1. The van der Waals surface area contributed by atoms with Crippen LogP contribution in [0.15, 0.2) is 12.1 Å². The van der Waals surface area contributed by atoms with Gasteiger partial charge in [0.2, 0.25) is 5.91 Å². The molecule has 2 aliphatic heterocycles. The van der Waals surface area contributed by atoms with Crippen molar-refractivity contribution in [3.63, 3.8) is 0 Å². The van der Waals surface area contributed by atoms with Gasteiger partial charge >= 0.3 is 0 Å². The molecule has 27 heavy (non-hydrogen) atoms. The lowest BCUT2D eigenvalue weighted by molar-refractivity contribution is -0.132. The van der Waals surface area contributed by atoms with Crippen LogP contribution in [0.4, 0.5) is 0 Å². The second-order valence-electron chi connectivity index (χ2n) is 8.10. The minimum absolute atomic E-state index is 0.186. The average Bonchev–Trinajstić information content (AvgIpc) is 3.05. The Kier molecular flexibility index (Phi) is 6.66. The Morgan fingerprint density at radius 3 is 2.44 bits per heavy atom. The molecule has 0 aromatic heterocycles. The lowest BCUT2D eigenvalue weighted by Crippen LogP contribution is -2.41. The molecule has 1 unspecified atom stereocenters. The Hall–Kier alpha value is -1.30. The van der Waals surface area contributed by atoms with E-state index in [4.69, 9.17) is 16.3 Å². The molecule has 6 heteroatoms. The molecule has 1 atom stereocenters. The smallest absolute Gasteiger partial charge is 0.236 e. The topological polar surface area (TPSA) is 53.0 Å². The van der Waals surface area contributed by atoms with Gasteiger partial charge < -0.3 is 14.7 Å². The van der Waals surface area contributed by atoms with Gasteiger partial charge in [-0.25, -0.2) is 0 Å². The van der Waals surface area contributed by atoms with Crippen LogP contribution in [0.3, 0.4) is 0 Å². The quantitative estimate of drug-likeness (QED) is 0.833. The molecule has 2 heterocycles. The first-order chi connectivity index (χ1) is 12.9. The summed E-state index contributed by atoms with van der Waals surface area (Å²) in [5.74, 6) is 0.917. The van der Waals surface area contributed by atoms with Crippen molar-refractivity contribution in [3.05, 3.63) is 28.3 Å². The maximum absolute atomic E-state index is 12.6. The van der Waals surface area contributed by atoms with Crippen LogP contribution in [-0.4, -0.2) is 65.7 Å². The summed E-state index contributed by atoms with van der Waals surface area (Å²) in [7, 11) is 0. The average molecular weight is 395 g/mol. The van der Waals surface area contributed by atoms with E-state index in [1.165, 1.54) is 12.8 Å². The second-order valence-corrected chi connectivity index (χ2v) is 8.48. The van der Waals surface area contributed by atoms with E-state index in [0.717, 1.165) is 41.4 Å². The third kappa shape index (κ3) is 5.37. The molecule has 1 amide bonds. The van der Waals surface area contributed by atoms with Gasteiger partial charge in [0.05, 0.1) is 6.54 Å². The summed E-state index contributed by atoms with van der Waals surface area (Å²) in [6.45, 7) is 8.01. The minimum atomic E-state index is -0.899. The Bertz CT molecular complexity index is 652. The lowest BCUT2D eigenvalue weighted by Gasteiger charge is -2.27. The van der Waals surface area contributed by atoms with Gasteiger partial charge in [-0.2, -0.15) is 0 Å². The lowest BCUT2D eigenvalue weighted by atomic mass is 9.96. The summed E-state index contributed by atoms with van der Waals surface area (Å²) in [6, 6.07) is 3.81. The van der Waals surface area contributed by atoms with Gasteiger partial charge in [-0.05, 0) is 82.3 Å². The van der Waals surface area contributed by atoms with Gasteiger partial charge in [-0.15, -0.1) is 0 Å². The van der Waals surface area contributed by atoms with Crippen molar-refractivity contribution in [2.24, 2.45) is 0 Å². The van der Waals surface area contributed by atoms with Crippen molar-refractivity contribution in [2.45, 2.75) is 51.6 Å². The highest BCUT2D eigenvalue weighted by atomic mass is 35.5. The molecule has 2 saturated heterocycles. The van der Waals surface area contributed by atoms with E-state index >= 15 is 0 Å². The Morgan fingerprint density at radius 2 is 1.78 bits per heavy atom. The molecule has 0 bridgehead atoms. The third-order valence-electron chi connectivity index (χ3n) is 5.74. The molecule has 150 valence electrons. The predicted octanol–water partition coefficient (Wildman–Crippen LogP) is 3.18. The van der Waals surface area contributed by atoms with E-state index in [2.05, 4.69) is 4.90 Å². The van der Waals surface area contributed by atoms with Crippen LogP contribution in [-0.2, 0) is 4.79 Å². The van der Waals surface area contributed by atoms with Gasteiger partial charge in [0.15, 0.2) is 0 Å². The number of ether oxygens (including phenoxy) is 1. The van der Waals surface area contributed by atoms with E-state index in [1.54, 1.807) is 0 Å². The zero-order valence-electron chi connectivity index (χ0n) is 16.5. The van der Waals surface area contributed by atoms with Crippen LogP contribution < -0.4 is 4.74 Å². The first-order valence-electron chi connectivity index (χ1n) is 9.98. The summed E-state index contributed by atoms with van der Waals surface area (Å²) in [4.78, 5) is 16.7. The fourth-order valence-corrected chi connectivity index (χ4v) is 4.12. The van der Waals surface area contributed by atoms with Crippen molar-refractivity contribution in [1.82, 2.24) is 9.80 Å². The molecule has 2 aliphatic rings. The van der Waals surface area contributed by atoms with Crippen LogP contribution in [0, 0.1) is 13.8 Å². The van der Waals surface area contributed by atoms with Crippen LogP contribution in [0.5, 0.6) is 5.75 Å².